The number of carbonyl (C=O) groups excluding carboxylic acids is 1. The normalized spacial score (nSPS) is 22.5. The van der Waals surface area contributed by atoms with Gasteiger partial charge in [0.25, 0.3) is 0 Å². The molecular formula is C19H23N3O2. The molecule has 126 valence electrons. The predicted molar refractivity (Wildman–Crippen MR) is 91.6 cm³/mol. The highest BCUT2D eigenvalue weighted by atomic mass is 16.5. The van der Waals surface area contributed by atoms with Crippen molar-refractivity contribution in [3.63, 3.8) is 0 Å². The summed E-state index contributed by atoms with van der Waals surface area (Å²) in [5, 5.41) is 4.47. The third-order valence-corrected chi connectivity index (χ3v) is 5.21. The molecule has 1 saturated heterocycles. The smallest absolute Gasteiger partial charge is 0.244 e. The summed E-state index contributed by atoms with van der Waals surface area (Å²) in [7, 11) is 0. The van der Waals surface area contributed by atoms with Crippen molar-refractivity contribution in [2.75, 3.05) is 0 Å². The van der Waals surface area contributed by atoms with E-state index in [-0.39, 0.29) is 5.91 Å². The number of nitrogens with zero attached hydrogens (tertiary/aromatic N) is 3. The van der Waals surface area contributed by atoms with E-state index in [9.17, 15) is 4.79 Å². The Balaban J connectivity index is 1.63. The lowest BCUT2D eigenvalue weighted by atomic mass is 9.97. The fraction of sp³-hybridized carbons (Fsp3) is 0.474. The Morgan fingerprint density at radius 1 is 1.25 bits per heavy atom. The molecule has 2 aromatic rings. The Kier molecular flexibility index (Phi) is 3.79. The summed E-state index contributed by atoms with van der Waals surface area (Å²) < 4.78 is 7.61. The second-order valence-corrected chi connectivity index (χ2v) is 6.89. The van der Waals surface area contributed by atoms with E-state index in [0.717, 1.165) is 35.4 Å². The number of fused-ring (bicyclic) bond motifs is 3. The zero-order chi connectivity index (χ0) is 16.7. The number of piperidine rings is 1. The Morgan fingerprint density at radius 2 is 2.00 bits per heavy atom. The summed E-state index contributed by atoms with van der Waals surface area (Å²) in [4.78, 5) is 15.0. The molecule has 1 aromatic carbocycles. The van der Waals surface area contributed by atoms with Crippen LogP contribution in [0.4, 0.5) is 0 Å². The zero-order valence-corrected chi connectivity index (χ0v) is 14.2. The second-order valence-electron chi connectivity index (χ2n) is 6.89. The van der Waals surface area contributed by atoms with Gasteiger partial charge in [0.1, 0.15) is 18.9 Å². The number of amides is 1. The molecule has 0 saturated carbocycles. The van der Waals surface area contributed by atoms with E-state index in [4.69, 9.17) is 4.74 Å². The highest BCUT2D eigenvalue weighted by molar-refractivity contribution is 5.79. The van der Waals surface area contributed by atoms with E-state index in [2.05, 4.69) is 18.9 Å². The van der Waals surface area contributed by atoms with Crippen molar-refractivity contribution < 1.29 is 9.53 Å². The molecule has 1 aromatic heterocycles. The third-order valence-electron chi connectivity index (χ3n) is 5.21. The van der Waals surface area contributed by atoms with Crippen molar-refractivity contribution in [1.82, 2.24) is 14.7 Å². The number of rotatable bonds is 2. The van der Waals surface area contributed by atoms with E-state index in [0.29, 0.717) is 25.2 Å². The zero-order valence-electron chi connectivity index (χ0n) is 14.2. The molecule has 1 fully saturated rings. The molecule has 1 amide bonds. The van der Waals surface area contributed by atoms with Crippen LogP contribution in [0.3, 0.4) is 0 Å². The fourth-order valence-electron chi connectivity index (χ4n) is 4.03. The van der Waals surface area contributed by atoms with Crippen LogP contribution in [0.5, 0.6) is 5.75 Å². The highest BCUT2D eigenvalue weighted by Crippen LogP contribution is 2.37. The maximum Gasteiger partial charge on any atom is 0.244 e. The lowest BCUT2D eigenvalue weighted by Gasteiger charge is -2.39. The van der Waals surface area contributed by atoms with E-state index in [1.807, 2.05) is 40.0 Å². The van der Waals surface area contributed by atoms with Crippen molar-refractivity contribution in [3.05, 3.63) is 36.0 Å². The molecule has 0 spiro atoms. The first-order chi connectivity index (χ1) is 11.6. The van der Waals surface area contributed by atoms with E-state index in [1.165, 1.54) is 6.42 Å². The molecular weight excluding hydrogens is 302 g/mol. The summed E-state index contributed by atoms with van der Waals surface area (Å²) in [5.74, 6) is 1.02. The Bertz CT molecular complexity index is 758. The van der Waals surface area contributed by atoms with Crippen molar-refractivity contribution in [2.24, 2.45) is 0 Å². The number of benzene rings is 1. The third kappa shape index (κ3) is 2.48. The van der Waals surface area contributed by atoms with Gasteiger partial charge in [0.15, 0.2) is 0 Å². The maximum atomic E-state index is 12.9. The van der Waals surface area contributed by atoms with Crippen LogP contribution in [-0.4, -0.2) is 32.7 Å². The average molecular weight is 325 g/mol. The first-order valence-electron chi connectivity index (χ1n) is 8.73. The van der Waals surface area contributed by atoms with Crippen LogP contribution in [0.25, 0.3) is 11.3 Å². The number of likely N-dealkylation sites (tertiary alicyclic amines) is 1. The lowest BCUT2D eigenvalue weighted by molar-refractivity contribution is -0.138. The van der Waals surface area contributed by atoms with Crippen molar-refractivity contribution in [1.29, 1.82) is 0 Å². The van der Waals surface area contributed by atoms with Crippen LogP contribution in [0.2, 0.25) is 0 Å². The highest BCUT2D eigenvalue weighted by Gasteiger charge is 2.30. The molecule has 0 N–H and O–H groups in total. The minimum Gasteiger partial charge on any atom is -0.488 e. The van der Waals surface area contributed by atoms with Gasteiger partial charge < -0.3 is 9.64 Å². The SMILES string of the molecule is CC1CCCC(C)N1C(=O)Cn1ncc2c1-c1ccccc1OC2. The molecule has 5 nitrogen and oxygen atoms in total. The standard InChI is InChI=1S/C19H23N3O2/c1-13-6-5-7-14(2)22(13)18(23)11-21-19-15(10-20-21)12-24-17-9-4-3-8-16(17)19/h3-4,8-10,13-14H,5-7,11-12H2,1-2H3. The summed E-state index contributed by atoms with van der Waals surface area (Å²) in [6, 6.07) is 8.57. The molecule has 0 aliphatic carbocycles. The van der Waals surface area contributed by atoms with Gasteiger partial charge in [-0.15, -0.1) is 0 Å². The van der Waals surface area contributed by atoms with Crippen LogP contribution in [0.15, 0.2) is 30.5 Å². The van der Waals surface area contributed by atoms with Crippen LogP contribution in [0, 0.1) is 0 Å². The van der Waals surface area contributed by atoms with Gasteiger partial charge in [0.2, 0.25) is 5.91 Å². The summed E-state index contributed by atoms with van der Waals surface area (Å²) >= 11 is 0. The molecule has 2 aliphatic heterocycles. The van der Waals surface area contributed by atoms with Gasteiger partial charge in [-0.3, -0.25) is 9.48 Å². The molecule has 2 unspecified atom stereocenters. The second kappa shape index (κ2) is 5.96. The van der Waals surface area contributed by atoms with Gasteiger partial charge >= 0.3 is 0 Å². The summed E-state index contributed by atoms with van der Waals surface area (Å²) in [6.45, 7) is 5.10. The van der Waals surface area contributed by atoms with Gasteiger partial charge in [0.05, 0.1) is 11.9 Å². The molecule has 0 bridgehead atoms. The van der Waals surface area contributed by atoms with Gasteiger partial charge in [-0.2, -0.15) is 5.10 Å². The van der Waals surface area contributed by atoms with Crippen LogP contribution < -0.4 is 4.74 Å². The lowest BCUT2D eigenvalue weighted by Crippen LogP contribution is -2.48. The minimum absolute atomic E-state index is 0.157. The first-order valence-corrected chi connectivity index (χ1v) is 8.73. The molecule has 5 heteroatoms. The monoisotopic (exact) mass is 325 g/mol. The van der Waals surface area contributed by atoms with Crippen molar-refractivity contribution in [2.45, 2.75) is 58.3 Å². The summed E-state index contributed by atoms with van der Waals surface area (Å²) in [6.07, 6.45) is 5.20. The largest absolute Gasteiger partial charge is 0.488 e. The number of aromatic nitrogens is 2. The van der Waals surface area contributed by atoms with E-state index in [1.54, 1.807) is 0 Å². The van der Waals surface area contributed by atoms with Crippen LogP contribution in [0.1, 0.15) is 38.7 Å². The van der Waals surface area contributed by atoms with Gasteiger partial charge in [-0.1, -0.05) is 12.1 Å². The quantitative estimate of drug-likeness (QED) is 0.851. The predicted octanol–water partition coefficient (Wildman–Crippen LogP) is 3.23. The van der Waals surface area contributed by atoms with Crippen LogP contribution in [-0.2, 0) is 17.9 Å². The maximum absolute atomic E-state index is 12.9. The van der Waals surface area contributed by atoms with Crippen molar-refractivity contribution >= 4 is 5.91 Å². The van der Waals surface area contributed by atoms with Gasteiger partial charge in [-0.25, -0.2) is 0 Å². The Hall–Kier alpha value is -2.30. The molecule has 4 rings (SSSR count). The number of para-hydroxylation sites is 1. The fourth-order valence-corrected chi connectivity index (χ4v) is 4.03. The number of carbonyl (C=O) groups is 1. The van der Waals surface area contributed by atoms with E-state index < -0.39 is 0 Å². The Labute approximate surface area is 142 Å². The summed E-state index contributed by atoms with van der Waals surface area (Å²) in [5.41, 5.74) is 3.08. The van der Waals surface area contributed by atoms with Crippen LogP contribution >= 0.6 is 0 Å². The van der Waals surface area contributed by atoms with E-state index >= 15 is 0 Å². The molecule has 2 aliphatic rings. The number of ether oxygens (including phenoxy) is 1. The minimum atomic E-state index is 0.157. The van der Waals surface area contributed by atoms with Gasteiger partial charge in [0, 0.05) is 23.2 Å². The number of hydrogen-bond donors (Lipinski definition) is 0. The van der Waals surface area contributed by atoms with Gasteiger partial charge in [-0.05, 0) is 45.2 Å². The average Bonchev–Trinajstić information content (AvgIpc) is 2.98. The molecule has 0 radical (unpaired) electrons. The molecule has 3 heterocycles. The van der Waals surface area contributed by atoms with Crippen molar-refractivity contribution in [3.8, 4) is 17.0 Å². The molecule has 24 heavy (non-hydrogen) atoms. The Morgan fingerprint density at radius 3 is 2.79 bits per heavy atom. The number of hydrogen-bond acceptors (Lipinski definition) is 3. The first kappa shape index (κ1) is 15.2. The topological polar surface area (TPSA) is 47.4 Å². The molecule has 2 atom stereocenters.